The van der Waals surface area contributed by atoms with Gasteiger partial charge < -0.3 is 15.1 Å². The van der Waals surface area contributed by atoms with E-state index < -0.39 is 17.5 Å². The molecule has 0 bridgehead atoms. The van der Waals surface area contributed by atoms with Crippen LogP contribution in [0.4, 0.5) is 10.7 Å². The first-order chi connectivity index (χ1) is 17.1. The quantitative estimate of drug-likeness (QED) is 0.552. The lowest BCUT2D eigenvalue weighted by Gasteiger charge is -2.35. The van der Waals surface area contributed by atoms with Gasteiger partial charge in [-0.15, -0.1) is 0 Å². The van der Waals surface area contributed by atoms with Gasteiger partial charge in [0.2, 0.25) is 11.9 Å². The maximum absolute atomic E-state index is 13.7. The third-order valence-corrected chi connectivity index (χ3v) is 6.52. The van der Waals surface area contributed by atoms with Gasteiger partial charge >= 0.3 is 6.03 Å². The van der Waals surface area contributed by atoms with E-state index in [-0.39, 0.29) is 12.5 Å². The molecule has 178 valence electrons. The second kappa shape index (κ2) is 9.54. The Labute approximate surface area is 203 Å². The summed E-state index contributed by atoms with van der Waals surface area (Å²) in [6.45, 7) is 1.80. The first kappa shape index (κ1) is 22.5. The normalized spacial score (nSPS) is 20.2. The number of aromatic nitrogens is 2. The summed E-state index contributed by atoms with van der Waals surface area (Å²) in [6.07, 6.45) is 3.67. The van der Waals surface area contributed by atoms with Crippen molar-refractivity contribution in [1.29, 1.82) is 0 Å². The highest BCUT2D eigenvalue weighted by molar-refractivity contribution is 6.09. The third-order valence-electron chi connectivity index (χ3n) is 6.52. The number of rotatable bonds is 6. The minimum absolute atomic E-state index is 0.259. The Balaban J connectivity index is 1.31. The van der Waals surface area contributed by atoms with Gasteiger partial charge in [0.1, 0.15) is 6.54 Å². The standard InChI is InChI=1S/C26H26N6O3/c33-22(30-14-16-31(17-15-30)24-27-12-7-13-28-24)19-32-23(34)26(29-25(32)35,21-10-5-2-6-11-21)18-20-8-3-1-4-9-20/h1-13H,14-19H2,(H,29,35)/t26-/m1/s1. The SMILES string of the molecule is O=C(CN1C(=O)N[C@](Cc2ccccc2)(c2ccccc2)C1=O)N1CCN(c2ncccn2)CC1. The van der Waals surface area contributed by atoms with Crippen molar-refractivity contribution in [2.24, 2.45) is 0 Å². The number of urea groups is 1. The monoisotopic (exact) mass is 470 g/mol. The number of piperazine rings is 1. The van der Waals surface area contributed by atoms with Gasteiger partial charge in [0.25, 0.3) is 5.91 Å². The minimum Gasteiger partial charge on any atom is -0.338 e. The van der Waals surface area contributed by atoms with E-state index in [1.807, 2.05) is 65.6 Å². The van der Waals surface area contributed by atoms with E-state index in [4.69, 9.17) is 0 Å². The van der Waals surface area contributed by atoms with E-state index in [1.54, 1.807) is 23.4 Å². The zero-order valence-corrected chi connectivity index (χ0v) is 19.2. The molecular formula is C26H26N6O3. The van der Waals surface area contributed by atoms with Crippen molar-refractivity contribution >= 4 is 23.8 Å². The van der Waals surface area contributed by atoms with Crippen LogP contribution in [0, 0.1) is 0 Å². The van der Waals surface area contributed by atoms with Crippen molar-refractivity contribution in [2.75, 3.05) is 37.6 Å². The summed E-state index contributed by atoms with van der Waals surface area (Å²) < 4.78 is 0. The predicted octanol–water partition coefficient (Wildman–Crippen LogP) is 1.82. The predicted molar refractivity (Wildman–Crippen MR) is 129 cm³/mol. The molecule has 35 heavy (non-hydrogen) atoms. The molecule has 9 heteroatoms. The van der Waals surface area contributed by atoms with E-state index in [9.17, 15) is 14.4 Å². The number of anilines is 1. The maximum Gasteiger partial charge on any atom is 0.325 e. The summed E-state index contributed by atoms with van der Waals surface area (Å²) in [6, 6.07) is 20.0. The van der Waals surface area contributed by atoms with E-state index in [0.717, 1.165) is 10.5 Å². The van der Waals surface area contributed by atoms with Crippen molar-refractivity contribution in [3.63, 3.8) is 0 Å². The number of nitrogens with zero attached hydrogens (tertiary/aromatic N) is 5. The molecule has 2 fully saturated rings. The largest absolute Gasteiger partial charge is 0.338 e. The van der Waals surface area contributed by atoms with E-state index >= 15 is 0 Å². The molecule has 3 heterocycles. The molecule has 2 aromatic carbocycles. The molecule has 0 radical (unpaired) electrons. The summed E-state index contributed by atoms with van der Waals surface area (Å²) >= 11 is 0. The molecule has 2 aliphatic heterocycles. The number of carbonyl (C=O) groups excluding carboxylic acids is 3. The van der Waals surface area contributed by atoms with Gasteiger partial charge in [-0.25, -0.2) is 14.8 Å². The number of hydrogen-bond acceptors (Lipinski definition) is 6. The molecule has 0 aliphatic carbocycles. The fourth-order valence-corrected chi connectivity index (χ4v) is 4.66. The number of nitrogens with one attached hydrogen (secondary N) is 1. The van der Waals surface area contributed by atoms with Crippen LogP contribution in [0.15, 0.2) is 79.1 Å². The average molecular weight is 471 g/mol. The van der Waals surface area contributed by atoms with E-state index in [1.165, 1.54) is 0 Å². The molecule has 0 spiro atoms. The summed E-state index contributed by atoms with van der Waals surface area (Å²) in [7, 11) is 0. The van der Waals surface area contributed by atoms with Crippen LogP contribution in [-0.2, 0) is 21.5 Å². The first-order valence-electron chi connectivity index (χ1n) is 11.6. The number of amides is 4. The second-order valence-electron chi connectivity index (χ2n) is 8.67. The van der Waals surface area contributed by atoms with Gasteiger partial charge in [-0.1, -0.05) is 60.7 Å². The molecule has 1 aromatic heterocycles. The number of benzene rings is 2. The number of imide groups is 1. The van der Waals surface area contributed by atoms with Crippen LogP contribution < -0.4 is 10.2 Å². The Morgan fingerprint density at radius 2 is 1.49 bits per heavy atom. The fourth-order valence-electron chi connectivity index (χ4n) is 4.66. The Kier molecular flexibility index (Phi) is 6.13. The zero-order valence-electron chi connectivity index (χ0n) is 19.2. The van der Waals surface area contributed by atoms with Crippen LogP contribution in [0.2, 0.25) is 0 Å². The number of hydrogen-bond donors (Lipinski definition) is 1. The van der Waals surface area contributed by atoms with Gasteiger partial charge in [-0.05, 0) is 17.2 Å². The summed E-state index contributed by atoms with van der Waals surface area (Å²) in [5, 5.41) is 2.91. The molecule has 0 unspecified atom stereocenters. The highest BCUT2D eigenvalue weighted by Gasteiger charge is 2.53. The third kappa shape index (κ3) is 4.44. The lowest BCUT2D eigenvalue weighted by atomic mass is 9.83. The van der Waals surface area contributed by atoms with Crippen LogP contribution in [0.25, 0.3) is 0 Å². The van der Waals surface area contributed by atoms with Crippen molar-refractivity contribution in [3.05, 3.63) is 90.3 Å². The van der Waals surface area contributed by atoms with Gasteiger partial charge in [0, 0.05) is 45.0 Å². The van der Waals surface area contributed by atoms with Gasteiger partial charge in [-0.2, -0.15) is 0 Å². The molecule has 3 aromatic rings. The smallest absolute Gasteiger partial charge is 0.325 e. The molecule has 5 rings (SSSR count). The van der Waals surface area contributed by atoms with E-state index in [0.29, 0.717) is 44.1 Å². The van der Waals surface area contributed by atoms with Crippen molar-refractivity contribution in [3.8, 4) is 0 Å². The zero-order chi connectivity index (χ0) is 24.3. The Hall–Kier alpha value is -4.27. The molecule has 9 nitrogen and oxygen atoms in total. The van der Waals surface area contributed by atoms with Crippen LogP contribution in [0.3, 0.4) is 0 Å². The summed E-state index contributed by atoms with van der Waals surface area (Å²) in [4.78, 5) is 53.1. The van der Waals surface area contributed by atoms with Crippen LogP contribution >= 0.6 is 0 Å². The lowest BCUT2D eigenvalue weighted by molar-refractivity contribution is -0.139. The minimum atomic E-state index is -1.26. The number of carbonyl (C=O) groups is 3. The molecular weight excluding hydrogens is 444 g/mol. The van der Waals surface area contributed by atoms with Gasteiger partial charge in [0.15, 0.2) is 5.54 Å². The van der Waals surface area contributed by atoms with E-state index in [2.05, 4.69) is 15.3 Å². The molecule has 4 amide bonds. The average Bonchev–Trinajstić information content (AvgIpc) is 3.15. The summed E-state index contributed by atoms with van der Waals surface area (Å²) in [5.74, 6) is -0.0461. The highest BCUT2D eigenvalue weighted by atomic mass is 16.2. The first-order valence-corrected chi connectivity index (χ1v) is 11.6. The molecule has 1 N–H and O–H groups in total. The summed E-state index contributed by atoms with van der Waals surface area (Å²) in [5.41, 5.74) is 0.342. The van der Waals surface area contributed by atoms with Gasteiger partial charge in [-0.3, -0.25) is 14.5 Å². The van der Waals surface area contributed by atoms with Crippen LogP contribution in [0.5, 0.6) is 0 Å². The topological polar surface area (TPSA) is 98.7 Å². The van der Waals surface area contributed by atoms with Crippen molar-refractivity contribution < 1.29 is 14.4 Å². The fraction of sp³-hybridized carbons (Fsp3) is 0.269. The Morgan fingerprint density at radius 1 is 0.857 bits per heavy atom. The highest BCUT2D eigenvalue weighted by Crippen LogP contribution is 2.33. The molecule has 2 aliphatic rings. The van der Waals surface area contributed by atoms with Crippen LogP contribution in [0.1, 0.15) is 11.1 Å². The van der Waals surface area contributed by atoms with Crippen molar-refractivity contribution in [1.82, 2.24) is 25.1 Å². The second-order valence-corrected chi connectivity index (χ2v) is 8.67. The van der Waals surface area contributed by atoms with Gasteiger partial charge in [0.05, 0.1) is 0 Å². The van der Waals surface area contributed by atoms with Crippen LogP contribution in [-0.4, -0.2) is 70.3 Å². The molecule has 2 saturated heterocycles. The molecule has 1 atom stereocenters. The molecule has 0 saturated carbocycles. The lowest BCUT2D eigenvalue weighted by Crippen LogP contribution is -2.52. The Morgan fingerprint density at radius 3 is 2.14 bits per heavy atom. The van der Waals surface area contributed by atoms with Crippen molar-refractivity contribution in [2.45, 2.75) is 12.0 Å². The Bertz CT molecular complexity index is 1200. The maximum atomic E-state index is 13.7.